The molecule has 0 heterocycles. The van der Waals surface area contributed by atoms with Crippen molar-refractivity contribution in [3.63, 3.8) is 0 Å². The Labute approximate surface area is 128 Å². The molecule has 0 aliphatic heterocycles. The highest BCUT2D eigenvalue weighted by Gasteiger charge is 2.08. The van der Waals surface area contributed by atoms with Crippen LogP contribution in [0.1, 0.15) is 11.1 Å². The maximum atomic E-state index is 13.5. The summed E-state index contributed by atoms with van der Waals surface area (Å²) in [4.78, 5) is 11.8. The Balaban J connectivity index is 1.97. The molecule has 0 atom stereocenters. The van der Waals surface area contributed by atoms with E-state index in [4.69, 9.17) is 11.6 Å². The van der Waals surface area contributed by atoms with E-state index >= 15 is 0 Å². The molecule has 2 aromatic carbocycles. The molecule has 110 valence electrons. The van der Waals surface area contributed by atoms with Gasteiger partial charge >= 0.3 is 0 Å². The zero-order valence-corrected chi connectivity index (χ0v) is 12.6. The number of anilines is 2. The second-order valence-corrected chi connectivity index (χ2v) is 5.28. The standard InChI is InChI=1S/C16H16ClFN2O/c1-10-3-6-14(11(2)7-10)19-9-16(21)20-15-8-12(17)4-5-13(15)18/h3-8,19H,9H2,1-2H3,(H,20,21). The molecule has 0 aliphatic rings. The lowest BCUT2D eigenvalue weighted by atomic mass is 10.1. The third-order valence-corrected chi connectivity index (χ3v) is 3.26. The van der Waals surface area contributed by atoms with E-state index in [0.717, 1.165) is 16.8 Å². The van der Waals surface area contributed by atoms with Crippen LogP contribution in [0.3, 0.4) is 0 Å². The number of halogens is 2. The fourth-order valence-corrected chi connectivity index (χ4v) is 2.15. The van der Waals surface area contributed by atoms with Crippen LogP contribution in [0.25, 0.3) is 0 Å². The maximum absolute atomic E-state index is 13.5. The summed E-state index contributed by atoms with van der Waals surface area (Å²) in [6, 6.07) is 9.93. The first-order valence-corrected chi connectivity index (χ1v) is 6.89. The molecule has 0 spiro atoms. The van der Waals surface area contributed by atoms with Crippen LogP contribution in [-0.2, 0) is 4.79 Å². The normalized spacial score (nSPS) is 10.3. The average Bonchev–Trinajstić information content (AvgIpc) is 2.42. The van der Waals surface area contributed by atoms with Gasteiger partial charge in [-0.25, -0.2) is 4.39 Å². The summed E-state index contributed by atoms with van der Waals surface area (Å²) in [7, 11) is 0. The van der Waals surface area contributed by atoms with E-state index in [-0.39, 0.29) is 18.1 Å². The number of nitrogens with one attached hydrogen (secondary N) is 2. The highest BCUT2D eigenvalue weighted by Crippen LogP contribution is 2.20. The number of hydrogen-bond donors (Lipinski definition) is 2. The molecule has 21 heavy (non-hydrogen) atoms. The Bertz CT molecular complexity index is 673. The van der Waals surface area contributed by atoms with Crippen molar-refractivity contribution in [2.24, 2.45) is 0 Å². The Morgan fingerprint density at radius 3 is 2.62 bits per heavy atom. The first kappa shape index (κ1) is 15.3. The van der Waals surface area contributed by atoms with Gasteiger partial charge in [0, 0.05) is 10.7 Å². The SMILES string of the molecule is Cc1ccc(NCC(=O)Nc2cc(Cl)ccc2F)c(C)c1. The molecule has 0 unspecified atom stereocenters. The van der Waals surface area contributed by atoms with E-state index in [2.05, 4.69) is 10.6 Å². The number of carbonyl (C=O) groups is 1. The van der Waals surface area contributed by atoms with Gasteiger partial charge in [0.15, 0.2) is 0 Å². The van der Waals surface area contributed by atoms with Gasteiger partial charge in [-0.3, -0.25) is 4.79 Å². The molecule has 0 radical (unpaired) electrons. The summed E-state index contributed by atoms with van der Waals surface area (Å²) >= 11 is 5.78. The molecule has 0 fully saturated rings. The van der Waals surface area contributed by atoms with Crippen molar-refractivity contribution in [2.45, 2.75) is 13.8 Å². The summed E-state index contributed by atoms with van der Waals surface area (Å²) in [5.41, 5.74) is 3.16. The monoisotopic (exact) mass is 306 g/mol. The smallest absolute Gasteiger partial charge is 0.243 e. The largest absolute Gasteiger partial charge is 0.376 e. The summed E-state index contributed by atoms with van der Waals surface area (Å²) in [6.45, 7) is 4.02. The van der Waals surface area contributed by atoms with Gasteiger partial charge in [0.05, 0.1) is 12.2 Å². The van der Waals surface area contributed by atoms with Crippen molar-refractivity contribution in [1.82, 2.24) is 0 Å². The molecule has 0 saturated heterocycles. The Hall–Kier alpha value is -2.07. The van der Waals surface area contributed by atoms with Crippen LogP contribution in [0, 0.1) is 19.7 Å². The lowest BCUT2D eigenvalue weighted by Crippen LogP contribution is -2.22. The first-order chi connectivity index (χ1) is 9.95. The second kappa shape index (κ2) is 6.59. The summed E-state index contributed by atoms with van der Waals surface area (Å²) in [6.07, 6.45) is 0. The van der Waals surface area contributed by atoms with Gasteiger partial charge in [-0.2, -0.15) is 0 Å². The van der Waals surface area contributed by atoms with E-state index in [1.54, 1.807) is 0 Å². The van der Waals surface area contributed by atoms with E-state index in [1.165, 1.54) is 18.2 Å². The predicted molar refractivity (Wildman–Crippen MR) is 84.4 cm³/mol. The molecule has 2 N–H and O–H groups in total. The zero-order valence-electron chi connectivity index (χ0n) is 11.8. The molecule has 5 heteroatoms. The minimum absolute atomic E-state index is 0.0514. The molecule has 1 amide bonds. The molecular weight excluding hydrogens is 291 g/mol. The maximum Gasteiger partial charge on any atom is 0.243 e. The first-order valence-electron chi connectivity index (χ1n) is 6.52. The molecule has 3 nitrogen and oxygen atoms in total. The third kappa shape index (κ3) is 4.20. The fraction of sp³-hybridized carbons (Fsp3) is 0.188. The van der Waals surface area contributed by atoms with Crippen LogP contribution >= 0.6 is 11.6 Å². The van der Waals surface area contributed by atoms with Crippen molar-refractivity contribution in [2.75, 3.05) is 17.2 Å². The topological polar surface area (TPSA) is 41.1 Å². The van der Waals surface area contributed by atoms with Crippen molar-refractivity contribution in [3.8, 4) is 0 Å². The fourth-order valence-electron chi connectivity index (χ4n) is 1.98. The predicted octanol–water partition coefficient (Wildman–Crippen LogP) is 4.15. The van der Waals surface area contributed by atoms with E-state index in [9.17, 15) is 9.18 Å². The van der Waals surface area contributed by atoms with Gasteiger partial charge in [0.1, 0.15) is 5.82 Å². The lowest BCUT2D eigenvalue weighted by molar-refractivity contribution is -0.114. The lowest BCUT2D eigenvalue weighted by Gasteiger charge is -2.11. The zero-order chi connectivity index (χ0) is 15.4. The Morgan fingerprint density at radius 1 is 1.14 bits per heavy atom. The highest BCUT2D eigenvalue weighted by molar-refractivity contribution is 6.30. The Kier molecular flexibility index (Phi) is 4.81. The van der Waals surface area contributed by atoms with Crippen LogP contribution in [0.15, 0.2) is 36.4 Å². The second-order valence-electron chi connectivity index (χ2n) is 4.84. The molecular formula is C16H16ClFN2O. The van der Waals surface area contributed by atoms with Crippen molar-refractivity contribution < 1.29 is 9.18 Å². The summed E-state index contributed by atoms with van der Waals surface area (Å²) in [5, 5.41) is 5.89. The van der Waals surface area contributed by atoms with Crippen molar-refractivity contribution >= 4 is 28.9 Å². The van der Waals surface area contributed by atoms with Crippen molar-refractivity contribution in [3.05, 3.63) is 58.4 Å². The number of aryl methyl sites for hydroxylation is 2. The number of hydrogen-bond acceptors (Lipinski definition) is 2. The van der Waals surface area contributed by atoms with Crippen LogP contribution < -0.4 is 10.6 Å². The minimum atomic E-state index is -0.515. The molecule has 0 aliphatic carbocycles. The molecule has 0 aromatic heterocycles. The summed E-state index contributed by atoms with van der Waals surface area (Å²) < 4.78 is 13.5. The molecule has 2 rings (SSSR count). The van der Waals surface area contributed by atoms with E-state index in [0.29, 0.717) is 5.02 Å². The number of carbonyl (C=O) groups excluding carboxylic acids is 1. The number of rotatable bonds is 4. The van der Waals surface area contributed by atoms with E-state index in [1.807, 2.05) is 32.0 Å². The minimum Gasteiger partial charge on any atom is -0.376 e. The summed E-state index contributed by atoms with van der Waals surface area (Å²) in [5.74, 6) is -0.851. The van der Waals surface area contributed by atoms with E-state index < -0.39 is 5.82 Å². The molecule has 2 aromatic rings. The van der Waals surface area contributed by atoms with Crippen molar-refractivity contribution in [1.29, 1.82) is 0 Å². The third-order valence-electron chi connectivity index (χ3n) is 3.02. The number of benzene rings is 2. The van der Waals surface area contributed by atoms with Gasteiger partial charge < -0.3 is 10.6 Å². The molecule has 0 saturated carbocycles. The van der Waals surface area contributed by atoms with Gasteiger partial charge in [-0.05, 0) is 43.7 Å². The highest BCUT2D eigenvalue weighted by atomic mass is 35.5. The van der Waals surface area contributed by atoms with Crippen LogP contribution in [0.5, 0.6) is 0 Å². The Morgan fingerprint density at radius 2 is 1.90 bits per heavy atom. The van der Waals surface area contributed by atoms with Gasteiger partial charge in [-0.1, -0.05) is 29.3 Å². The van der Waals surface area contributed by atoms with Gasteiger partial charge in [-0.15, -0.1) is 0 Å². The van der Waals surface area contributed by atoms with Crippen LogP contribution in [0.2, 0.25) is 5.02 Å². The number of amides is 1. The average molecular weight is 307 g/mol. The van der Waals surface area contributed by atoms with Crippen LogP contribution in [-0.4, -0.2) is 12.5 Å². The van der Waals surface area contributed by atoms with Gasteiger partial charge in [0.25, 0.3) is 0 Å². The molecule has 0 bridgehead atoms. The van der Waals surface area contributed by atoms with Crippen LogP contribution in [0.4, 0.5) is 15.8 Å². The quantitative estimate of drug-likeness (QED) is 0.891. The van der Waals surface area contributed by atoms with Gasteiger partial charge in [0.2, 0.25) is 5.91 Å².